The molecule has 0 bridgehead atoms. The lowest BCUT2D eigenvalue weighted by Crippen LogP contribution is -2.21. The minimum absolute atomic E-state index is 0.110. The molecule has 7 heteroatoms. The van der Waals surface area contributed by atoms with E-state index in [1.807, 2.05) is 0 Å². The lowest BCUT2D eigenvalue weighted by Gasteiger charge is -2.08. The molecule has 0 unspecified atom stereocenters. The van der Waals surface area contributed by atoms with Gasteiger partial charge in [-0.15, -0.1) is 0 Å². The molecule has 2 amide bonds. The first kappa shape index (κ1) is 12.6. The number of nitrogens with zero attached hydrogens (tertiary/aromatic N) is 2. The van der Waals surface area contributed by atoms with Crippen molar-refractivity contribution < 1.29 is 14.7 Å². The van der Waals surface area contributed by atoms with Crippen molar-refractivity contribution in [1.82, 2.24) is 9.78 Å². The second kappa shape index (κ2) is 5.21. The predicted molar refractivity (Wildman–Crippen MR) is 69.3 cm³/mol. The molecule has 2 rings (SSSR count). The highest BCUT2D eigenvalue weighted by Crippen LogP contribution is 2.11. The molecule has 0 saturated carbocycles. The van der Waals surface area contributed by atoms with E-state index in [4.69, 9.17) is 5.11 Å². The molecule has 0 radical (unpaired) electrons. The first-order chi connectivity index (χ1) is 9.06. The maximum atomic E-state index is 11.7. The van der Waals surface area contributed by atoms with Crippen molar-refractivity contribution in [2.24, 2.45) is 7.05 Å². The highest BCUT2D eigenvalue weighted by molar-refractivity contribution is 6.00. The van der Waals surface area contributed by atoms with Crippen molar-refractivity contribution in [2.45, 2.75) is 0 Å². The van der Waals surface area contributed by atoms with E-state index >= 15 is 0 Å². The van der Waals surface area contributed by atoms with E-state index in [2.05, 4.69) is 15.7 Å². The lowest BCUT2D eigenvalue weighted by atomic mass is 10.2. The van der Waals surface area contributed by atoms with Gasteiger partial charge in [-0.25, -0.2) is 9.59 Å². The Balaban J connectivity index is 2.05. The van der Waals surface area contributed by atoms with Crippen molar-refractivity contribution in [3.63, 3.8) is 0 Å². The first-order valence-electron chi connectivity index (χ1n) is 5.45. The Morgan fingerprint density at radius 3 is 2.68 bits per heavy atom. The van der Waals surface area contributed by atoms with E-state index in [-0.39, 0.29) is 5.56 Å². The van der Waals surface area contributed by atoms with Crippen LogP contribution in [0.5, 0.6) is 0 Å². The van der Waals surface area contributed by atoms with Gasteiger partial charge in [0.25, 0.3) is 0 Å². The van der Waals surface area contributed by atoms with Gasteiger partial charge in [0.05, 0.1) is 11.8 Å². The monoisotopic (exact) mass is 260 g/mol. The smallest absolute Gasteiger partial charge is 0.335 e. The third-order valence-corrected chi connectivity index (χ3v) is 2.43. The molecule has 0 aliphatic rings. The number of aromatic carboxylic acids is 1. The summed E-state index contributed by atoms with van der Waals surface area (Å²) in [6.07, 6.45) is 1.56. The summed E-state index contributed by atoms with van der Waals surface area (Å²) in [4.78, 5) is 22.5. The number of carbonyl (C=O) groups excluding carboxylic acids is 1. The van der Waals surface area contributed by atoms with E-state index in [1.165, 1.54) is 16.8 Å². The Morgan fingerprint density at radius 2 is 2.05 bits per heavy atom. The molecule has 0 spiro atoms. The van der Waals surface area contributed by atoms with Crippen LogP contribution in [0.15, 0.2) is 36.5 Å². The van der Waals surface area contributed by atoms with Crippen molar-refractivity contribution >= 4 is 23.5 Å². The van der Waals surface area contributed by atoms with Gasteiger partial charge in [-0.1, -0.05) is 6.07 Å². The van der Waals surface area contributed by atoms with Crippen molar-refractivity contribution in [3.05, 3.63) is 42.1 Å². The number of urea groups is 1. The summed E-state index contributed by atoms with van der Waals surface area (Å²) in [5.74, 6) is -0.511. The highest BCUT2D eigenvalue weighted by Gasteiger charge is 2.07. The van der Waals surface area contributed by atoms with Gasteiger partial charge in [-0.05, 0) is 18.2 Å². The number of hydrogen-bond donors (Lipinski definition) is 3. The van der Waals surface area contributed by atoms with Crippen LogP contribution < -0.4 is 10.6 Å². The third kappa shape index (κ3) is 3.09. The summed E-state index contributed by atoms with van der Waals surface area (Å²) >= 11 is 0. The summed E-state index contributed by atoms with van der Waals surface area (Å²) < 4.78 is 1.51. The number of nitrogens with one attached hydrogen (secondary N) is 2. The number of hydrogen-bond acceptors (Lipinski definition) is 3. The molecular weight excluding hydrogens is 248 g/mol. The number of benzene rings is 1. The summed E-state index contributed by atoms with van der Waals surface area (Å²) in [5.41, 5.74) is 0.512. The molecule has 0 aliphatic heterocycles. The minimum Gasteiger partial charge on any atom is -0.478 e. The fraction of sp³-hybridized carbons (Fsp3) is 0.0833. The zero-order valence-corrected chi connectivity index (χ0v) is 10.1. The molecule has 0 aliphatic carbocycles. The quantitative estimate of drug-likeness (QED) is 0.783. The summed E-state index contributed by atoms with van der Waals surface area (Å²) in [7, 11) is 1.70. The Kier molecular flexibility index (Phi) is 3.46. The van der Waals surface area contributed by atoms with Crippen LogP contribution in [0, 0.1) is 0 Å². The number of carboxylic acid groups (broad SMARTS) is 1. The number of amides is 2. The maximum absolute atomic E-state index is 11.7. The van der Waals surface area contributed by atoms with Crippen LogP contribution in [0.3, 0.4) is 0 Å². The van der Waals surface area contributed by atoms with Gasteiger partial charge in [-0.2, -0.15) is 5.10 Å². The van der Waals surface area contributed by atoms with Gasteiger partial charge in [0.15, 0.2) is 0 Å². The zero-order chi connectivity index (χ0) is 13.8. The van der Waals surface area contributed by atoms with E-state index in [0.717, 1.165) is 0 Å². The topological polar surface area (TPSA) is 96.3 Å². The molecule has 0 atom stereocenters. The van der Waals surface area contributed by atoms with Crippen LogP contribution in [0.4, 0.5) is 16.3 Å². The molecule has 3 N–H and O–H groups in total. The van der Waals surface area contributed by atoms with Crippen molar-refractivity contribution in [1.29, 1.82) is 0 Å². The molecule has 98 valence electrons. The zero-order valence-electron chi connectivity index (χ0n) is 10.1. The number of carboxylic acids is 1. The minimum atomic E-state index is -1.05. The number of aromatic nitrogens is 2. The van der Waals surface area contributed by atoms with E-state index in [0.29, 0.717) is 11.5 Å². The molecule has 0 fully saturated rings. The number of anilines is 2. The SMILES string of the molecule is Cn1nccc1NC(=O)Nc1cccc(C(=O)O)c1. The van der Waals surface area contributed by atoms with Crippen LogP contribution in [-0.2, 0) is 7.05 Å². The van der Waals surface area contributed by atoms with Gasteiger partial charge in [0, 0.05) is 18.8 Å². The average molecular weight is 260 g/mol. The van der Waals surface area contributed by atoms with Crippen LogP contribution in [0.25, 0.3) is 0 Å². The fourth-order valence-electron chi connectivity index (χ4n) is 1.51. The predicted octanol–water partition coefficient (Wildman–Crippen LogP) is 1.76. The number of rotatable bonds is 3. The van der Waals surface area contributed by atoms with E-state index in [9.17, 15) is 9.59 Å². The Bertz CT molecular complexity index is 621. The maximum Gasteiger partial charge on any atom is 0.335 e. The second-order valence-corrected chi connectivity index (χ2v) is 3.81. The van der Waals surface area contributed by atoms with Gasteiger partial charge in [0.2, 0.25) is 0 Å². The van der Waals surface area contributed by atoms with Crippen LogP contribution in [-0.4, -0.2) is 26.9 Å². The molecular formula is C12H12N4O3. The largest absolute Gasteiger partial charge is 0.478 e. The summed E-state index contributed by atoms with van der Waals surface area (Å²) in [5, 5.41) is 17.9. The van der Waals surface area contributed by atoms with Crippen molar-refractivity contribution in [2.75, 3.05) is 10.6 Å². The third-order valence-electron chi connectivity index (χ3n) is 2.43. The summed E-state index contributed by atoms with van der Waals surface area (Å²) in [6, 6.07) is 7.18. The van der Waals surface area contributed by atoms with Gasteiger partial charge >= 0.3 is 12.0 Å². The van der Waals surface area contributed by atoms with Gasteiger partial charge in [0.1, 0.15) is 5.82 Å². The van der Waals surface area contributed by atoms with Gasteiger partial charge in [-0.3, -0.25) is 10.00 Å². The summed E-state index contributed by atoms with van der Waals surface area (Å²) in [6.45, 7) is 0. The average Bonchev–Trinajstić information content (AvgIpc) is 2.75. The molecule has 1 aromatic heterocycles. The van der Waals surface area contributed by atoms with E-state index < -0.39 is 12.0 Å². The molecule has 2 aromatic rings. The van der Waals surface area contributed by atoms with Crippen molar-refractivity contribution in [3.8, 4) is 0 Å². The van der Waals surface area contributed by atoms with Crippen LogP contribution in [0.1, 0.15) is 10.4 Å². The molecule has 1 heterocycles. The first-order valence-corrected chi connectivity index (χ1v) is 5.45. The standard InChI is InChI=1S/C12H12N4O3/c1-16-10(5-6-13-16)15-12(19)14-9-4-2-3-8(7-9)11(17)18/h2-7H,1H3,(H,17,18)(H2,14,15,19). The second-order valence-electron chi connectivity index (χ2n) is 3.81. The van der Waals surface area contributed by atoms with Crippen LogP contribution >= 0.6 is 0 Å². The molecule has 19 heavy (non-hydrogen) atoms. The van der Waals surface area contributed by atoms with Crippen LogP contribution in [0.2, 0.25) is 0 Å². The Labute approximate surface area is 108 Å². The number of aryl methyl sites for hydroxylation is 1. The van der Waals surface area contributed by atoms with E-state index in [1.54, 1.807) is 31.4 Å². The molecule has 7 nitrogen and oxygen atoms in total. The normalized spacial score (nSPS) is 9.95. The number of carbonyl (C=O) groups is 2. The lowest BCUT2D eigenvalue weighted by molar-refractivity contribution is 0.0697. The molecule has 0 saturated heterocycles. The Hall–Kier alpha value is -2.83. The Morgan fingerprint density at radius 1 is 1.26 bits per heavy atom. The van der Waals surface area contributed by atoms with Gasteiger partial charge < -0.3 is 10.4 Å². The fourth-order valence-corrected chi connectivity index (χ4v) is 1.51. The highest BCUT2D eigenvalue weighted by atomic mass is 16.4. The molecule has 1 aromatic carbocycles.